The zero-order valence-corrected chi connectivity index (χ0v) is 9.68. The van der Waals surface area contributed by atoms with E-state index < -0.39 is 5.60 Å². The fourth-order valence-corrected chi connectivity index (χ4v) is 2.09. The molecule has 1 unspecified atom stereocenters. The number of aliphatic hydroxyl groups is 1. The first-order valence-corrected chi connectivity index (χ1v) is 6.07. The van der Waals surface area contributed by atoms with Crippen molar-refractivity contribution in [1.82, 2.24) is 5.32 Å². The van der Waals surface area contributed by atoms with Crippen LogP contribution in [0.3, 0.4) is 0 Å². The van der Waals surface area contributed by atoms with Gasteiger partial charge in [-0.05, 0) is 32.2 Å². The molecule has 0 bridgehead atoms. The van der Waals surface area contributed by atoms with Crippen molar-refractivity contribution < 1.29 is 5.11 Å². The Balaban J connectivity index is 1.98. The van der Waals surface area contributed by atoms with Gasteiger partial charge >= 0.3 is 0 Å². The normalized spacial score (nSPS) is 22.5. The molecule has 0 radical (unpaired) electrons. The molecule has 1 fully saturated rings. The van der Waals surface area contributed by atoms with Gasteiger partial charge in [0, 0.05) is 6.54 Å². The second-order valence-electron chi connectivity index (χ2n) is 4.97. The van der Waals surface area contributed by atoms with Crippen molar-refractivity contribution in [1.29, 1.82) is 0 Å². The minimum Gasteiger partial charge on any atom is -0.389 e. The van der Waals surface area contributed by atoms with E-state index in [4.69, 9.17) is 0 Å². The van der Waals surface area contributed by atoms with Gasteiger partial charge in [-0.3, -0.25) is 0 Å². The zero-order chi connectivity index (χ0) is 10.4. The van der Waals surface area contributed by atoms with Gasteiger partial charge in [-0.25, -0.2) is 0 Å². The summed E-state index contributed by atoms with van der Waals surface area (Å²) in [5.41, 5.74) is -0.518. The zero-order valence-electron chi connectivity index (χ0n) is 9.68. The third-order valence-electron chi connectivity index (χ3n) is 3.47. The topological polar surface area (TPSA) is 32.3 Å². The van der Waals surface area contributed by atoms with Crippen molar-refractivity contribution in [3.05, 3.63) is 0 Å². The van der Waals surface area contributed by atoms with Crippen molar-refractivity contribution in [3.63, 3.8) is 0 Å². The Morgan fingerprint density at radius 2 is 2.00 bits per heavy atom. The summed E-state index contributed by atoms with van der Waals surface area (Å²) in [6.45, 7) is 5.73. The van der Waals surface area contributed by atoms with Crippen LogP contribution >= 0.6 is 0 Å². The number of hydrogen-bond donors (Lipinski definition) is 2. The summed E-state index contributed by atoms with van der Waals surface area (Å²) in [5.74, 6) is 0.953. The molecular weight excluding hydrogens is 174 g/mol. The van der Waals surface area contributed by atoms with Gasteiger partial charge in [0.2, 0.25) is 0 Å². The van der Waals surface area contributed by atoms with Crippen LogP contribution in [-0.4, -0.2) is 23.8 Å². The van der Waals surface area contributed by atoms with E-state index in [9.17, 15) is 5.11 Å². The highest BCUT2D eigenvalue weighted by Gasteiger charge is 2.17. The van der Waals surface area contributed by atoms with Gasteiger partial charge in [-0.15, -0.1) is 0 Å². The monoisotopic (exact) mass is 199 g/mol. The average Bonchev–Trinajstić information content (AvgIpc) is 2.65. The van der Waals surface area contributed by atoms with E-state index in [2.05, 4.69) is 5.32 Å². The van der Waals surface area contributed by atoms with Gasteiger partial charge in [0.15, 0.2) is 0 Å². The maximum atomic E-state index is 9.75. The van der Waals surface area contributed by atoms with Gasteiger partial charge in [-0.1, -0.05) is 32.6 Å². The fraction of sp³-hybridized carbons (Fsp3) is 1.00. The van der Waals surface area contributed by atoms with Crippen LogP contribution in [0.2, 0.25) is 0 Å². The minimum absolute atomic E-state index is 0.518. The van der Waals surface area contributed by atoms with E-state index in [1.54, 1.807) is 0 Å². The molecule has 0 heterocycles. The second-order valence-corrected chi connectivity index (χ2v) is 4.97. The molecule has 0 saturated heterocycles. The van der Waals surface area contributed by atoms with E-state index >= 15 is 0 Å². The van der Waals surface area contributed by atoms with Crippen LogP contribution in [0.15, 0.2) is 0 Å². The van der Waals surface area contributed by atoms with Crippen LogP contribution in [-0.2, 0) is 0 Å². The maximum absolute atomic E-state index is 9.75. The molecular formula is C12H25NO. The average molecular weight is 199 g/mol. The Morgan fingerprint density at radius 1 is 1.36 bits per heavy atom. The molecule has 0 aliphatic heterocycles. The molecule has 1 rings (SSSR count). The smallest absolute Gasteiger partial charge is 0.0740 e. The summed E-state index contributed by atoms with van der Waals surface area (Å²) in [4.78, 5) is 0. The van der Waals surface area contributed by atoms with E-state index in [1.165, 1.54) is 32.1 Å². The summed E-state index contributed by atoms with van der Waals surface area (Å²) < 4.78 is 0. The third-order valence-corrected chi connectivity index (χ3v) is 3.47. The van der Waals surface area contributed by atoms with E-state index in [0.717, 1.165) is 25.4 Å². The lowest BCUT2D eigenvalue weighted by Gasteiger charge is -2.22. The first-order valence-electron chi connectivity index (χ1n) is 6.07. The molecule has 2 N–H and O–H groups in total. The first-order chi connectivity index (χ1) is 6.64. The van der Waals surface area contributed by atoms with Crippen LogP contribution in [0.25, 0.3) is 0 Å². The summed E-state index contributed by atoms with van der Waals surface area (Å²) in [5, 5.41) is 13.1. The molecule has 0 aromatic heterocycles. The molecule has 14 heavy (non-hydrogen) atoms. The maximum Gasteiger partial charge on any atom is 0.0740 e. The Hall–Kier alpha value is -0.0800. The molecule has 1 aliphatic rings. The van der Waals surface area contributed by atoms with Gasteiger partial charge in [0.05, 0.1) is 5.60 Å². The Morgan fingerprint density at radius 3 is 2.57 bits per heavy atom. The first kappa shape index (κ1) is 12.0. The lowest BCUT2D eigenvalue weighted by Crippen LogP contribution is -2.37. The van der Waals surface area contributed by atoms with Gasteiger partial charge in [0.1, 0.15) is 0 Å². The van der Waals surface area contributed by atoms with Crippen LogP contribution in [0.1, 0.15) is 52.4 Å². The standard InChI is InChI=1S/C12H25NO/c1-3-12(2,14)10-13-9-8-11-6-4-5-7-11/h11,13-14H,3-10H2,1-2H3. The van der Waals surface area contributed by atoms with Crippen molar-refractivity contribution in [2.24, 2.45) is 5.92 Å². The van der Waals surface area contributed by atoms with Crippen LogP contribution in [0, 0.1) is 5.92 Å². The molecule has 0 aromatic carbocycles. The van der Waals surface area contributed by atoms with Crippen LogP contribution < -0.4 is 5.32 Å². The summed E-state index contributed by atoms with van der Waals surface area (Å²) in [6.07, 6.45) is 7.82. The van der Waals surface area contributed by atoms with E-state index in [0.29, 0.717) is 0 Å². The predicted molar refractivity (Wildman–Crippen MR) is 60.4 cm³/mol. The van der Waals surface area contributed by atoms with E-state index in [-0.39, 0.29) is 0 Å². The van der Waals surface area contributed by atoms with Crippen molar-refractivity contribution >= 4 is 0 Å². The molecule has 0 aromatic rings. The lowest BCUT2D eigenvalue weighted by atomic mass is 10.0. The SMILES string of the molecule is CCC(C)(O)CNCCC1CCCC1. The van der Waals surface area contributed by atoms with E-state index in [1.807, 2.05) is 13.8 Å². The Kier molecular flexibility index (Phi) is 4.90. The molecule has 1 aliphatic carbocycles. The highest BCUT2D eigenvalue weighted by Crippen LogP contribution is 2.26. The van der Waals surface area contributed by atoms with Crippen molar-refractivity contribution in [2.45, 2.75) is 58.0 Å². The van der Waals surface area contributed by atoms with Crippen LogP contribution in [0.5, 0.6) is 0 Å². The molecule has 2 heteroatoms. The van der Waals surface area contributed by atoms with Crippen molar-refractivity contribution in [2.75, 3.05) is 13.1 Å². The molecule has 2 nitrogen and oxygen atoms in total. The van der Waals surface area contributed by atoms with Gasteiger partial charge < -0.3 is 10.4 Å². The highest BCUT2D eigenvalue weighted by molar-refractivity contribution is 4.74. The minimum atomic E-state index is -0.518. The molecule has 1 atom stereocenters. The molecule has 0 spiro atoms. The molecule has 84 valence electrons. The summed E-state index contributed by atoms with van der Waals surface area (Å²) >= 11 is 0. The van der Waals surface area contributed by atoms with Crippen molar-refractivity contribution in [3.8, 4) is 0 Å². The number of hydrogen-bond acceptors (Lipinski definition) is 2. The predicted octanol–water partition coefficient (Wildman–Crippen LogP) is 2.32. The highest BCUT2D eigenvalue weighted by atomic mass is 16.3. The number of rotatable bonds is 6. The quantitative estimate of drug-likeness (QED) is 0.643. The Bertz CT molecular complexity index is 150. The largest absolute Gasteiger partial charge is 0.389 e. The lowest BCUT2D eigenvalue weighted by molar-refractivity contribution is 0.0557. The summed E-state index contributed by atoms with van der Waals surface area (Å²) in [6, 6.07) is 0. The fourth-order valence-electron chi connectivity index (χ4n) is 2.09. The second kappa shape index (κ2) is 5.72. The molecule has 1 saturated carbocycles. The number of nitrogens with one attached hydrogen (secondary N) is 1. The van der Waals surface area contributed by atoms with Gasteiger partial charge in [0.25, 0.3) is 0 Å². The van der Waals surface area contributed by atoms with Crippen LogP contribution in [0.4, 0.5) is 0 Å². The summed E-state index contributed by atoms with van der Waals surface area (Å²) in [7, 11) is 0. The third kappa shape index (κ3) is 4.43. The molecule has 0 amide bonds. The van der Waals surface area contributed by atoms with Gasteiger partial charge in [-0.2, -0.15) is 0 Å². The Labute approximate surface area is 88.1 Å².